The molecule has 0 bridgehead atoms. The lowest BCUT2D eigenvalue weighted by Gasteiger charge is -2.39. The fraction of sp³-hybridized carbons (Fsp3) is 0.625. The SMILES string of the molecule is COc1ccc(O)c(CNC2CCCCC2(C)C)c1. The van der Waals surface area contributed by atoms with Gasteiger partial charge in [-0.3, -0.25) is 0 Å². The minimum Gasteiger partial charge on any atom is -0.508 e. The molecule has 0 aromatic heterocycles. The van der Waals surface area contributed by atoms with Gasteiger partial charge in [-0.15, -0.1) is 0 Å². The van der Waals surface area contributed by atoms with Crippen molar-refractivity contribution in [2.24, 2.45) is 5.41 Å². The summed E-state index contributed by atoms with van der Waals surface area (Å²) in [6, 6.07) is 5.90. The van der Waals surface area contributed by atoms with E-state index in [4.69, 9.17) is 4.74 Å². The summed E-state index contributed by atoms with van der Waals surface area (Å²) in [5.41, 5.74) is 1.24. The predicted molar refractivity (Wildman–Crippen MR) is 77.5 cm³/mol. The van der Waals surface area contributed by atoms with Gasteiger partial charge in [-0.2, -0.15) is 0 Å². The van der Waals surface area contributed by atoms with E-state index in [1.165, 1.54) is 25.7 Å². The second-order valence-electron chi connectivity index (χ2n) is 6.16. The molecule has 1 aliphatic carbocycles. The van der Waals surface area contributed by atoms with Crippen LogP contribution in [0.3, 0.4) is 0 Å². The maximum Gasteiger partial charge on any atom is 0.120 e. The third-order valence-electron chi connectivity index (χ3n) is 4.33. The fourth-order valence-electron chi connectivity index (χ4n) is 2.94. The molecule has 1 unspecified atom stereocenters. The maximum absolute atomic E-state index is 9.89. The summed E-state index contributed by atoms with van der Waals surface area (Å²) in [7, 11) is 1.65. The largest absolute Gasteiger partial charge is 0.508 e. The molecule has 2 N–H and O–H groups in total. The number of phenols is 1. The summed E-state index contributed by atoms with van der Waals surface area (Å²) in [4.78, 5) is 0. The number of hydrogen-bond donors (Lipinski definition) is 2. The average molecular weight is 263 g/mol. The third kappa shape index (κ3) is 3.41. The molecule has 0 amide bonds. The van der Waals surface area contributed by atoms with Crippen LogP contribution < -0.4 is 10.1 Å². The van der Waals surface area contributed by atoms with Crippen LogP contribution in [0.25, 0.3) is 0 Å². The van der Waals surface area contributed by atoms with E-state index in [2.05, 4.69) is 19.2 Å². The molecule has 2 rings (SSSR count). The Morgan fingerprint density at radius 3 is 2.84 bits per heavy atom. The number of benzene rings is 1. The lowest BCUT2D eigenvalue weighted by molar-refractivity contribution is 0.166. The van der Waals surface area contributed by atoms with Gasteiger partial charge in [0.25, 0.3) is 0 Å². The first-order valence-electron chi connectivity index (χ1n) is 7.12. The van der Waals surface area contributed by atoms with Gasteiger partial charge in [0.15, 0.2) is 0 Å². The zero-order valence-corrected chi connectivity index (χ0v) is 12.2. The molecule has 0 radical (unpaired) electrons. The quantitative estimate of drug-likeness (QED) is 0.874. The molecule has 1 aliphatic rings. The molecule has 3 nitrogen and oxygen atoms in total. The number of methoxy groups -OCH3 is 1. The van der Waals surface area contributed by atoms with Crippen molar-refractivity contribution >= 4 is 0 Å². The first-order valence-corrected chi connectivity index (χ1v) is 7.12. The van der Waals surface area contributed by atoms with Gasteiger partial charge in [0.05, 0.1) is 7.11 Å². The normalized spacial score (nSPS) is 22.2. The Balaban J connectivity index is 2.01. The zero-order valence-electron chi connectivity index (χ0n) is 12.2. The first kappa shape index (κ1) is 14.2. The highest BCUT2D eigenvalue weighted by atomic mass is 16.5. The summed E-state index contributed by atoms with van der Waals surface area (Å²) in [5, 5.41) is 13.5. The summed E-state index contributed by atoms with van der Waals surface area (Å²) in [6.07, 6.45) is 5.12. The molecule has 0 spiro atoms. The number of nitrogens with one attached hydrogen (secondary N) is 1. The fourth-order valence-corrected chi connectivity index (χ4v) is 2.94. The van der Waals surface area contributed by atoms with Crippen LogP contribution in [0.4, 0.5) is 0 Å². The molecular weight excluding hydrogens is 238 g/mol. The molecule has 1 saturated carbocycles. The average Bonchev–Trinajstić information content (AvgIpc) is 2.39. The second kappa shape index (κ2) is 5.83. The lowest BCUT2D eigenvalue weighted by atomic mass is 9.73. The summed E-state index contributed by atoms with van der Waals surface area (Å²) < 4.78 is 5.20. The minimum atomic E-state index is 0.335. The van der Waals surface area contributed by atoms with E-state index >= 15 is 0 Å². The topological polar surface area (TPSA) is 41.5 Å². The Bertz CT molecular complexity index is 429. The monoisotopic (exact) mass is 263 g/mol. The van der Waals surface area contributed by atoms with Crippen molar-refractivity contribution in [1.29, 1.82) is 0 Å². The smallest absolute Gasteiger partial charge is 0.120 e. The maximum atomic E-state index is 9.89. The Morgan fingerprint density at radius 1 is 1.37 bits per heavy atom. The van der Waals surface area contributed by atoms with E-state index in [1.54, 1.807) is 19.2 Å². The van der Waals surface area contributed by atoms with E-state index in [1.807, 2.05) is 6.07 Å². The van der Waals surface area contributed by atoms with E-state index in [9.17, 15) is 5.11 Å². The summed E-state index contributed by atoms with van der Waals surface area (Å²) in [6.45, 7) is 5.35. The van der Waals surface area contributed by atoms with Crippen LogP contribution >= 0.6 is 0 Å². The van der Waals surface area contributed by atoms with Crippen molar-refractivity contribution in [3.05, 3.63) is 23.8 Å². The standard InChI is InChI=1S/C16H25NO2/c1-16(2)9-5-4-6-15(16)17-11-12-10-13(19-3)7-8-14(12)18/h7-8,10,15,17-18H,4-6,9,11H2,1-3H3. The molecule has 0 heterocycles. The highest BCUT2D eigenvalue weighted by Crippen LogP contribution is 2.35. The van der Waals surface area contributed by atoms with Crippen LogP contribution in [-0.2, 0) is 6.54 Å². The molecule has 3 heteroatoms. The molecule has 19 heavy (non-hydrogen) atoms. The van der Waals surface area contributed by atoms with Crippen molar-refractivity contribution in [2.45, 2.75) is 52.1 Å². The zero-order chi connectivity index (χ0) is 13.9. The van der Waals surface area contributed by atoms with E-state index < -0.39 is 0 Å². The number of rotatable bonds is 4. The second-order valence-corrected chi connectivity index (χ2v) is 6.16. The number of aromatic hydroxyl groups is 1. The number of ether oxygens (including phenoxy) is 1. The highest BCUT2D eigenvalue weighted by molar-refractivity contribution is 5.39. The van der Waals surface area contributed by atoms with Gasteiger partial charge in [-0.1, -0.05) is 26.7 Å². The van der Waals surface area contributed by atoms with Gasteiger partial charge >= 0.3 is 0 Å². The Kier molecular flexibility index (Phi) is 4.35. The van der Waals surface area contributed by atoms with Gasteiger partial charge in [-0.05, 0) is 36.5 Å². The molecule has 1 aromatic rings. The van der Waals surface area contributed by atoms with Crippen molar-refractivity contribution < 1.29 is 9.84 Å². The van der Waals surface area contributed by atoms with Crippen LogP contribution in [0.5, 0.6) is 11.5 Å². The molecule has 1 aromatic carbocycles. The van der Waals surface area contributed by atoms with E-state index in [0.717, 1.165) is 11.3 Å². The van der Waals surface area contributed by atoms with Crippen molar-refractivity contribution in [3.63, 3.8) is 0 Å². The van der Waals surface area contributed by atoms with E-state index in [-0.39, 0.29) is 0 Å². The van der Waals surface area contributed by atoms with Crippen molar-refractivity contribution in [2.75, 3.05) is 7.11 Å². The Morgan fingerprint density at radius 2 is 2.16 bits per heavy atom. The molecule has 1 fully saturated rings. The first-order chi connectivity index (χ1) is 9.03. The van der Waals surface area contributed by atoms with Crippen LogP contribution in [0.2, 0.25) is 0 Å². The lowest BCUT2D eigenvalue weighted by Crippen LogP contribution is -2.43. The third-order valence-corrected chi connectivity index (χ3v) is 4.33. The van der Waals surface area contributed by atoms with Gasteiger partial charge in [0.2, 0.25) is 0 Å². The molecule has 1 atom stereocenters. The van der Waals surface area contributed by atoms with Gasteiger partial charge in [0, 0.05) is 18.2 Å². The molecule has 0 saturated heterocycles. The predicted octanol–water partition coefficient (Wildman–Crippen LogP) is 3.46. The van der Waals surface area contributed by atoms with Crippen LogP contribution in [0.15, 0.2) is 18.2 Å². The Hall–Kier alpha value is -1.22. The molecule has 0 aliphatic heterocycles. The minimum absolute atomic E-state index is 0.335. The Labute approximate surface area is 116 Å². The van der Waals surface area contributed by atoms with Gasteiger partial charge in [0.1, 0.15) is 11.5 Å². The van der Waals surface area contributed by atoms with Crippen LogP contribution in [0, 0.1) is 5.41 Å². The van der Waals surface area contributed by atoms with Crippen molar-refractivity contribution in [3.8, 4) is 11.5 Å². The number of phenolic OH excluding ortho intramolecular Hbond substituents is 1. The van der Waals surface area contributed by atoms with Crippen LogP contribution in [-0.4, -0.2) is 18.3 Å². The van der Waals surface area contributed by atoms with Gasteiger partial charge < -0.3 is 15.2 Å². The van der Waals surface area contributed by atoms with Crippen molar-refractivity contribution in [1.82, 2.24) is 5.32 Å². The number of hydrogen-bond acceptors (Lipinski definition) is 3. The molecular formula is C16H25NO2. The highest BCUT2D eigenvalue weighted by Gasteiger charge is 2.31. The summed E-state index contributed by atoms with van der Waals surface area (Å²) in [5.74, 6) is 1.12. The van der Waals surface area contributed by atoms with Gasteiger partial charge in [-0.25, -0.2) is 0 Å². The molecule has 106 valence electrons. The summed E-state index contributed by atoms with van der Waals surface area (Å²) >= 11 is 0. The van der Waals surface area contributed by atoms with E-state index in [0.29, 0.717) is 23.8 Å². The van der Waals surface area contributed by atoms with Crippen LogP contribution in [0.1, 0.15) is 45.1 Å².